The number of halogens is 6. The van der Waals surface area contributed by atoms with Gasteiger partial charge in [0.15, 0.2) is 17.2 Å². The van der Waals surface area contributed by atoms with E-state index in [4.69, 9.17) is 0 Å². The second-order valence-corrected chi connectivity index (χ2v) is 7.18. The monoisotopic (exact) mass is 464 g/mol. The van der Waals surface area contributed by atoms with Crippen LogP contribution in [0.1, 0.15) is 30.7 Å². The van der Waals surface area contributed by atoms with Crippen LogP contribution < -0.4 is 21.3 Å². The van der Waals surface area contributed by atoms with Gasteiger partial charge in [-0.3, -0.25) is 0 Å². The van der Waals surface area contributed by atoms with Crippen LogP contribution in [0, 0.1) is 0 Å². The third kappa shape index (κ3) is 6.88. The predicted octanol–water partition coefficient (Wildman–Crippen LogP) is 3.19. The topological polar surface area (TPSA) is 99.7 Å². The van der Waals surface area contributed by atoms with Gasteiger partial charge in [-0.2, -0.15) is 26.3 Å². The predicted molar refractivity (Wildman–Crippen MR) is 104 cm³/mol. The molecule has 2 aromatic rings. The van der Waals surface area contributed by atoms with Crippen LogP contribution in [0.5, 0.6) is 0 Å². The number of piperidine rings is 1. The minimum Gasteiger partial charge on any atom is -0.383 e. The molecule has 176 valence electrons. The van der Waals surface area contributed by atoms with Crippen LogP contribution in [0.15, 0.2) is 18.5 Å². The molecule has 0 amide bonds. The number of alkyl halides is 6. The molecule has 1 aliphatic heterocycles. The summed E-state index contributed by atoms with van der Waals surface area (Å²) < 4.78 is 77.5. The van der Waals surface area contributed by atoms with Crippen LogP contribution >= 0.6 is 0 Å². The molecule has 0 saturated carbocycles. The Bertz CT molecular complexity index is 865. The van der Waals surface area contributed by atoms with Crippen LogP contribution in [-0.4, -0.2) is 52.4 Å². The Kier molecular flexibility index (Phi) is 7.66. The highest BCUT2D eigenvalue weighted by Crippen LogP contribution is 2.34. The first-order valence-electron chi connectivity index (χ1n) is 9.92. The van der Waals surface area contributed by atoms with Gasteiger partial charge in [0, 0.05) is 25.2 Å². The number of aromatic nitrogens is 4. The van der Waals surface area contributed by atoms with Gasteiger partial charge >= 0.3 is 12.4 Å². The SMILES string of the molecule is FC(F)(F)c1cnc(Nc2cc(NCCCNC3CCCNC3)c(C(F)(F)F)nn2)cn1. The molecule has 32 heavy (non-hydrogen) atoms. The van der Waals surface area contributed by atoms with E-state index >= 15 is 0 Å². The smallest absolute Gasteiger partial charge is 0.383 e. The van der Waals surface area contributed by atoms with Gasteiger partial charge < -0.3 is 21.3 Å². The van der Waals surface area contributed by atoms with Crippen LogP contribution in [0.25, 0.3) is 0 Å². The highest BCUT2D eigenvalue weighted by atomic mass is 19.4. The first-order valence-corrected chi connectivity index (χ1v) is 9.92. The quantitative estimate of drug-likeness (QED) is 0.349. The fourth-order valence-electron chi connectivity index (χ4n) is 3.11. The third-order valence-corrected chi connectivity index (χ3v) is 4.66. The summed E-state index contributed by atoms with van der Waals surface area (Å²) >= 11 is 0. The molecule has 0 spiro atoms. The maximum absolute atomic E-state index is 13.3. The maximum Gasteiger partial charge on any atom is 0.437 e. The summed E-state index contributed by atoms with van der Waals surface area (Å²) in [4.78, 5) is 6.78. The van der Waals surface area contributed by atoms with Gasteiger partial charge in [0.25, 0.3) is 0 Å². The number of hydrogen-bond acceptors (Lipinski definition) is 8. The fourth-order valence-corrected chi connectivity index (χ4v) is 3.11. The zero-order valence-corrected chi connectivity index (χ0v) is 16.8. The Balaban J connectivity index is 1.61. The minimum atomic E-state index is -4.73. The summed E-state index contributed by atoms with van der Waals surface area (Å²) in [6.07, 6.45) is -5.37. The zero-order chi connectivity index (χ0) is 23.2. The van der Waals surface area contributed by atoms with Crippen molar-refractivity contribution in [2.24, 2.45) is 0 Å². The van der Waals surface area contributed by atoms with Crippen molar-refractivity contribution in [1.82, 2.24) is 30.8 Å². The molecular formula is C18H22F6N8. The van der Waals surface area contributed by atoms with Crippen molar-refractivity contribution in [2.45, 2.75) is 37.7 Å². The van der Waals surface area contributed by atoms with E-state index in [0.29, 0.717) is 25.2 Å². The molecule has 3 rings (SSSR count). The van der Waals surface area contributed by atoms with Gasteiger partial charge in [-0.05, 0) is 32.4 Å². The van der Waals surface area contributed by atoms with E-state index in [1.54, 1.807) is 0 Å². The van der Waals surface area contributed by atoms with Gasteiger partial charge in [0.1, 0.15) is 5.82 Å². The molecule has 0 aliphatic carbocycles. The third-order valence-electron chi connectivity index (χ3n) is 4.66. The van der Waals surface area contributed by atoms with Crippen molar-refractivity contribution in [2.75, 3.05) is 36.8 Å². The Hall–Kier alpha value is -2.74. The lowest BCUT2D eigenvalue weighted by Crippen LogP contribution is -2.43. The molecular weight excluding hydrogens is 442 g/mol. The van der Waals surface area contributed by atoms with Gasteiger partial charge in [-0.15, -0.1) is 10.2 Å². The number of anilines is 3. The summed E-state index contributed by atoms with van der Waals surface area (Å²) in [6.45, 7) is 2.73. The highest BCUT2D eigenvalue weighted by molar-refractivity contribution is 5.59. The standard InChI is InChI=1S/C18H22F6N8/c19-17(20,21)13-9-29-15(10-28-13)30-14-7-12(16(32-31-14)18(22,23)24)27-6-2-5-26-11-3-1-4-25-8-11/h7,9-11,25-26H,1-6,8H2,(H2,27,29,30,31). The number of nitrogens with one attached hydrogen (secondary N) is 4. The largest absolute Gasteiger partial charge is 0.437 e. The number of nitrogens with zero attached hydrogens (tertiary/aromatic N) is 4. The average molecular weight is 464 g/mol. The molecule has 0 aromatic carbocycles. The first-order chi connectivity index (χ1) is 15.1. The summed E-state index contributed by atoms with van der Waals surface area (Å²) in [5.74, 6) is -0.246. The Morgan fingerprint density at radius 3 is 2.41 bits per heavy atom. The van der Waals surface area contributed by atoms with Crippen LogP contribution in [0.2, 0.25) is 0 Å². The molecule has 14 heteroatoms. The van der Waals surface area contributed by atoms with Gasteiger partial charge in [0.05, 0.1) is 18.1 Å². The van der Waals surface area contributed by atoms with E-state index in [2.05, 4.69) is 41.4 Å². The highest BCUT2D eigenvalue weighted by Gasteiger charge is 2.36. The minimum absolute atomic E-state index is 0.122. The summed E-state index contributed by atoms with van der Waals surface area (Å²) in [5.41, 5.74) is -2.68. The molecule has 2 aromatic heterocycles. The molecule has 1 saturated heterocycles. The molecule has 0 bridgehead atoms. The molecule has 1 aliphatic rings. The van der Waals surface area contributed by atoms with Crippen LogP contribution in [0.4, 0.5) is 43.7 Å². The Morgan fingerprint density at radius 2 is 1.78 bits per heavy atom. The van der Waals surface area contributed by atoms with Crippen LogP contribution in [-0.2, 0) is 12.4 Å². The van der Waals surface area contributed by atoms with Crippen LogP contribution in [0.3, 0.4) is 0 Å². The van der Waals surface area contributed by atoms with E-state index < -0.39 is 23.7 Å². The van der Waals surface area contributed by atoms with Crippen molar-refractivity contribution in [1.29, 1.82) is 0 Å². The number of rotatable bonds is 8. The molecule has 1 atom stereocenters. The van der Waals surface area contributed by atoms with Gasteiger partial charge in [-0.25, -0.2) is 9.97 Å². The Labute approximate surface area is 179 Å². The van der Waals surface area contributed by atoms with Crippen molar-refractivity contribution in [3.8, 4) is 0 Å². The van der Waals surface area contributed by atoms with E-state index in [1.165, 1.54) is 0 Å². The van der Waals surface area contributed by atoms with E-state index in [9.17, 15) is 26.3 Å². The summed E-state index contributed by atoms with van der Waals surface area (Å²) in [5, 5.41) is 18.5. The van der Waals surface area contributed by atoms with Gasteiger partial charge in [-0.1, -0.05) is 0 Å². The molecule has 8 nitrogen and oxygen atoms in total. The average Bonchev–Trinajstić information content (AvgIpc) is 2.73. The lowest BCUT2D eigenvalue weighted by atomic mass is 10.1. The lowest BCUT2D eigenvalue weighted by Gasteiger charge is -2.24. The summed E-state index contributed by atoms with van der Waals surface area (Å²) in [6, 6.07) is 1.42. The van der Waals surface area contributed by atoms with Crippen molar-refractivity contribution in [3.05, 3.63) is 29.8 Å². The van der Waals surface area contributed by atoms with E-state index in [0.717, 1.165) is 38.2 Å². The fraction of sp³-hybridized carbons (Fsp3) is 0.556. The summed E-state index contributed by atoms with van der Waals surface area (Å²) in [7, 11) is 0. The second-order valence-electron chi connectivity index (χ2n) is 7.18. The molecule has 1 fully saturated rings. The zero-order valence-electron chi connectivity index (χ0n) is 16.8. The van der Waals surface area contributed by atoms with Crippen molar-refractivity contribution in [3.63, 3.8) is 0 Å². The second kappa shape index (κ2) is 10.3. The number of hydrogen-bond donors (Lipinski definition) is 4. The lowest BCUT2D eigenvalue weighted by molar-refractivity contribution is -0.142. The van der Waals surface area contributed by atoms with E-state index in [1.807, 2.05) is 0 Å². The Morgan fingerprint density at radius 1 is 0.969 bits per heavy atom. The molecule has 3 heterocycles. The molecule has 0 radical (unpaired) electrons. The molecule has 1 unspecified atom stereocenters. The van der Waals surface area contributed by atoms with Gasteiger partial charge in [0.2, 0.25) is 0 Å². The van der Waals surface area contributed by atoms with Crippen molar-refractivity contribution >= 4 is 17.3 Å². The normalized spacial score (nSPS) is 17.2. The first kappa shape index (κ1) is 23.9. The van der Waals surface area contributed by atoms with E-state index in [-0.39, 0.29) is 23.9 Å². The van der Waals surface area contributed by atoms with Crippen molar-refractivity contribution < 1.29 is 26.3 Å². The molecule has 4 N–H and O–H groups in total. The maximum atomic E-state index is 13.3.